The van der Waals surface area contributed by atoms with Crippen LogP contribution in [0.4, 0.5) is 0 Å². The van der Waals surface area contributed by atoms with Gasteiger partial charge < -0.3 is 4.74 Å². The number of carbonyl (C=O) groups excluding carboxylic acids is 1. The minimum absolute atomic E-state index is 0.324. The minimum atomic E-state index is -0.324. The second-order valence-electron chi connectivity index (χ2n) is 5.70. The van der Waals surface area contributed by atoms with Gasteiger partial charge in [0.15, 0.2) is 0 Å². The first kappa shape index (κ1) is 19.0. The third-order valence-electron chi connectivity index (χ3n) is 3.64. The van der Waals surface area contributed by atoms with Gasteiger partial charge in [0, 0.05) is 15.6 Å². The molecular formula is C21H16Cl2N2O2. The summed E-state index contributed by atoms with van der Waals surface area (Å²) in [6, 6.07) is 21.6. The fraction of sp³-hybridized carbons (Fsp3) is 0.0476. The second kappa shape index (κ2) is 9.21. The van der Waals surface area contributed by atoms with Gasteiger partial charge in [-0.2, -0.15) is 5.10 Å². The van der Waals surface area contributed by atoms with Crippen molar-refractivity contribution >= 4 is 35.3 Å². The first-order chi connectivity index (χ1) is 13.1. The fourth-order valence-corrected chi connectivity index (χ4v) is 2.71. The Morgan fingerprint density at radius 1 is 0.963 bits per heavy atom. The summed E-state index contributed by atoms with van der Waals surface area (Å²) < 4.78 is 5.73. The van der Waals surface area contributed by atoms with Gasteiger partial charge in [-0.3, -0.25) is 4.79 Å². The molecule has 3 aromatic rings. The standard InChI is InChI=1S/C21H16Cl2N2O2/c22-18-5-1-3-16(11-18)14-27-20-9-7-15(8-10-20)13-24-25-21(26)17-4-2-6-19(23)12-17/h1-13H,14H2,(H,25,26)/b24-13-. The molecule has 27 heavy (non-hydrogen) atoms. The molecule has 0 aliphatic heterocycles. The van der Waals surface area contributed by atoms with Crippen LogP contribution in [0.2, 0.25) is 10.0 Å². The Morgan fingerprint density at radius 3 is 2.37 bits per heavy atom. The number of hydrogen-bond acceptors (Lipinski definition) is 3. The van der Waals surface area contributed by atoms with E-state index < -0.39 is 0 Å². The average Bonchev–Trinajstić information content (AvgIpc) is 2.67. The number of hydrazone groups is 1. The number of benzene rings is 3. The highest BCUT2D eigenvalue weighted by molar-refractivity contribution is 6.31. The van der Waals surface area contributed by atoms with Crippen molar-refractivity contribution in [1.29, 1.82) is 0 Å². The maximum Gasteiger partial charge on any atom is 0.271 e. The Morgan fingerprint density at radius 2 is 1.67 bits per heavy atom. The van der Waals surface area contributed by atoms with Gasteiger partial charge >= 0.3 is 0 Å². The van der Waals surface area contributed by atoms with Gasteiger partial charge in [-0.15, -0.1) is 0 Å². The zero-order valence-corrected chi connectivity index (χ0v) is 15.7. The van der Waals surface area contributed by atoms with Gasteiger partial charge in [0.05, 0.1) is 6.21 Å². The summed E-state index contributed by atoms with van der Waals surface area (Å²) in [5, 5.41) is 5.14. The molecule has 0 aromatic heterocycles. The van der Waals surface area contributed by atoms with E-state index in [-0.39, 0.29) is 5.91 Å². The molecule has 0 aliphatic rings. The quantitative estimate of drug-likeness (QED) is 0.450. The highest BCUT2D eigenvalue weighted by Crippen LogP contribution is 2.16. The molecule has 0 heterocycles. The Labute approximate surface area is 167 Å². The molecule has 0 saturated carbocycles. The van der Waals surface area contributed by atoms with Crippen molar-refractivity contribution in [3.8, 4) is 5.75 Å². The second-order valence-corrected chi connectivity index (χ2v) is 6.57. The molecule has 0 aliphatic carbocycles. The van der Waals surface area contributed by atoms with Crippen LogP contribution in [0.3, 0.4) is 0 Å². The summed E-state index contributed by atoms with van der Waals surface area (Å²) in [6.45, 7) is 0.434. The van der Waals surface area contributed by atoms with E-state index in [0.717, 1.165) is 16.9 Å². The first-order valence-corrected chi connectivity index (χ1v) is 8.92. The predicted octanol–water partition coefficient (Wildman–Crippen LogP) is 5.34. The van der Waals surface area contributed by atoms with Crippen LogP contribution in [0.5, 0.6) is 5.75 Å². The molecule has 136 valence electrons. The molecule has 0 atom stereocenters. The maximum absolute atomic E-state index is 12.0. The van der Waals surface area contributed by atoms with E-state index in [0.29, 0.717) is 22.2 Å². The van der Waals surface area contributed by atoms with Gasteiger partial charge in [-0.25, -0.2) is 5.43 Å². The molecule has 1 amide bonds. The van der Waals surface area contributed by atoms with Crippen LogP contribution in [-0.4, -0.2) is 12.1 Å². The summed E-state index contributed by atoms with van der Waals surface area (Å²) >= 11 is 11.8. The van der Waals surface area contributed by atoms with Crippen molar-refractivity contribution in [3.05, 3.63) is 99.5 Å². The molecular weight excluding hydrogens is 383 g/mol. The number of ether oxygens (including phenoxy) is 1. The fourth-order valence-electron chi connectivity index (χ4n) is 2.30. The third-order valence-corrected chi connectivity index (χ3v) is 4.11. The first-order valence-electron chi connectivity index (χ1n) is 8.16. The van der Waals surface area contributed by atoms with Crippen LogP contribution in [0.15, 0.2) is 77.9 Å². The summed E-state index contributed by atoms with van der Waals surface area (Å²) in [5.41, 5.74) is 4.75. The van der Waals surface area contributed by atoms with Gasteiger partial charge in [0.1, 0.15) is 12.4 Å². The number of hydrogen-bond donors (Lipinski definition) is 1. The average molecular weight is 399 g/mol. The molecule has 0 unspecified atom stereocenters. The van der Waals surface area contributed by atoms with Crippen molar-refractivity contribution in [2.24, 2.45) is 5.10 Å². The number of rotatable bonds is 6. The highest BCUT2D eigenvalue weighted by atomic mass is 35.5. The van der Waals surface area contributed by atoms with Crippen molar-refractivity contribution < 1.29 is 9.53 Å². The smallest absolute Gasteiger partial charge is 0.271 e. The monoisotopic (exact) mass is 398 g/mol. The van der Waals surface area contributed by atoms with E-state index in [1.807, 2.05) is 48.5 Å². The largest absolute Gasteiger partial charge is 0.489 e. The van der Waals surface area contributed by atoms with Crippen LogP contribution in [-0.2, 0) is 6.61 Å². The Bertz CT molecular complexity index is 956. The maximum atomic E-state index is 12.0. The highest BCUT2D eigenvalue weighted by Gasteiger charge is 2.04. The number of halogens is 2. The number of amides is 1. The van der Waals surface area contributed by atoms with E-state index in [4.69, 9.17) is 27.9 Å². The number of nitrogens with one attached hydrogen (secondary N) is 1. The molecule has 0 spiro atoms. The normalized spacial score (nSPS) is 10.7. The number of nitrogens with zero attached hydrogens (tertiary/aromatic N) is 1. The van der Waals surface area contributed by atoms with Crippen LogP contribution < -0.4 is 10.2 Å². The topological polar surface area (TPSA) is 50.7 Å². The van der Waals surface area contributed by atoms with E-state index in [1.165, 1.54) is 0 Å². The number of carbonyl (C=O) groups is 1. The molecule has 1 N–H and O–H groups in total. The van der Waals surface area contributed by atoms with Gasteiger partial charge in [0.2, 0.25) is 0 Å². The zero-order chi connectivity index (χ0) is 19.1. The molecule has 6 heteroatoms. The lowest BCUT2D eigenvalue weighted by Gasteiger charge is -2.06. The van der Waals surface area contributed by atoms with Crippen LogP contribution in [0.1, 0.15) is 21.5 Å². The Hall–Kier alpha value is -2.82. The Kier molecular flexibility index (Phi) is 6.47. The van der Waals surface area contributed by atoms with Crippen molar-refractivity contribution in [2.75, 3.05) is 0 Å². The third kappa shape index (κ3) is 5.84. The van der Waals surface area contributed by atoms with E-state index in [1.54, 1.807) is 30.5 Å². The van der Waals surface area contributed by atoms with Gasteiger partial charge in [-0.05, 0) is 65.7 Å². The van der Waals surface area contributed by atoms with Crippen LogP contribution in [0, 0.1) is 0 Å². The lowest BCUT2D eigenvalue weighted by Crippen LogP contribution is -2.17. The zero-order valence-electron chi connectivity index (χ0n) is 14.2. The van der Waals surface area contributed by atoms with E-state index in [9.17, 15) is 4.79 Å². The lowest BCUT2D eigenvalue weighted by atomic mass is 10.2. The molecule has 0 bridgehead atoms. The molecule has 3 rings (SSSR count). The predicted molar refractivity (Wildman–Crippen MR) is 109 cm³/mol. The summed E-state index contributed by atoms with van der Waals surface area (Å²) in [6.07, 6.45) is 1.56. The Balaban J connectivity index is 1.52. The molecule has 0 radical (unpaired) electrons. The van der Waals surface area contributed by atoms with E-state index in [2.05, 4.69) is 10.5 Å². The van der Waals surface area contributed by atoms with Crippen LogP contribution >= 0.6 is 23.2 Å². The summed E-state index contributed by atoms with van der Waals surface area (Å²) in [7, 11) is 0. The van der Waals surface area contributed by atoms with Crippen molar-refractivity contribution in [3.63, 3.8) is 0 Å². The van der Waals surface area contributed by atoms with Crippen molar-refractivity contribution in [1.82, 2.24) is 5.43 Å². The molecule has 4 nitrogen and oxygen atoms in total. The summed E-state index contributed by atoms with van der Waals surface area (Å²) in [4.78, 5) is 12.0. The molecule has 0 fully saturated rings. The van der Waals surface area contributed by atoms with Gasteiger partial charge in [-0.1, -0.05) is 41.4 Å². The molecule has 3 aromatic carbocycles. The minimum Gasteiger partial charge on any atom is -0.489 e. The lowest BCUT2D eigenvalue weighted by molar-refractivity contribution is 0.0955. The van der Waals surface area contributed by atoms with Gasteiger partial charge in [0.25, 0.3) is 5.91 Å². The van der Waals surface area contributed by atoms with E-state index >= 15 is 0 Å². The molecule has 0 saturated heterocycles. The summed E-state index contributed by atoms with van der Waals surface area (Å²) in [5.74, 6) is 0.408. The van der Waals surface area contributed by atoms with Crippen molar-refractivity contribution in [2.45, 2.75) is 6.61 Å². The SMILES string of the molecule is O=C(N/N=C\c1ccc(OCc2cccc(Cl)c2)cc1)c1cccc(Cl)c1. The van der Waals surface area contributed by atoms with Crippen LogP contribution in [0.25, 0.3) is 0 Å².